The lowest BCUT2D eigenvalue weighted by Gasteiger charge is -2.33. The van der Waals surface area contributed by atoms with Gasteiger partial charge in [-0.15, -0.1) is 0 Å². The van der Waals surface area contributed by atoms with E-state index in [1.165, 1.54) is 6.42 Å². The van der Waals surface area contributed by atoms with Crippen LogP contribution >= 0.6 is 47.8 Å². The molecule has 7 heteroatoms. The van der Waals surface area contributed by atoms with Gasteiger partial charge in [0.1, 0.15) is 5.78 Å². The van der Waals surface area contributed by atoms with Crippen LogP contribution in [0.25, 0.3) is 0 Å². The Morgan fingerprint density at radius 3 is 2.00 bits per heavy atom. The van der Waals surface area contributed by atoms with Gasteiger partial charge in [-0.3, -0.25) is 4.79 Å². The average Bonchev–Trinajstić information content (AvgIpc) is 2.46. The Morgan fingerprint density at radius 1 is 0.857 bits per heavy atom. The third kappa shape index (κ3) is 4.32. The molecule has 2 aliphatic rings. The largest absolute Gasteiger partial charge is 0.299 e. The molecule has 2 fully saturated rings. The molecular weight excluding hydrogens is 488 g/mol. The average molecular weight is 509 g/mol. The smallest absolute Gasteiger partial charge is 0.235 e. The highest BCUT2D eigenvalue weighted by atomic mass is 80.0. The maximum Gasteiger partial charge on any atom is 0.235 e. The molecule has 0 saturated heterocycles. The molecule has 21 heavy (non-hydrogen) atoms. The van der Waals surface area contributed by atoms with Crippen molar-refractivity contribution in [1.82, 2.24) is 0 Å². The topological polar surface area (TPSA) is 51.2 Å². The van der Waals surface area contributed by atoms with E-state index >= 15 is 0 Å². The molecule has 0 bridgehead atoms. The van der Waals surface area contributed by atoms with Crippen molar-refractivity contribution < 1.29 is 13.2 Å². The summed E-state index contributed by atoms with van der Waals surface area (Å²) >= 11 is 9.39. The van der Waals surface area contributed by atoms with Gasteiger partial charge in [0.05, 0.1) is 5.25 Å². The fraction of sp³-hybridized carbons (Fsp3) is 0.929. The summed E-state index contributed by atoms with van der Waals surface area (Å²) in [7, 11) is -3.40. The van der Waals surface area contributed by atoms with E-state index < -0.39 is 16.6 Å². The zero-order valence-corrected chi connectivity index (χ0v) is 17.4. The highest BCUT2D eigenvalue weighted by molar-refractivity contribution is 9.42. The third-order valence-electron chi connectivity index (χ3n) is 4.80. The Hall–Kier alpha value is 1.06. The summed E-state index contributed by atoms with van der Waals surface area (Å²) in [5.74, 6) is 0.419. The quantitative estimate of drug-likeness (QED) is 0.509. The van der Waals surface area contributed by atoms with Gasteiger partial charge < -0.3 is 0 Å². The van der Waals surface area contributed by atoms with E-state index in [9.17, 15) is 13.2 Å². The van der Waals surface area contributed by atoms with E-state index in [-0.39, 0.29) is 11.8 Å². The van der Waals surface area contributed by atoms with Crippen molar-refractivity contribution in [2.24, 2.45) is 11.8 Å². The summed E-state index contributed by atoms with van der Waals surface area (Å²) in [6.07, 6.45) is 8.26. The van der Waals surface area contributed by atoms with Crippen molar-refractivity contribution in [1.29, 1.82) is 0 Å². The maximum atomic E-state index is 12.6. The molecule has 122 valence electrons. The molecule has 3 nitrogen and oxygen atoms in total. The van der Waals surface area contributed by atoms with Gasteiger partial charge in [0, 0.05) is 11.8 Å². The summed E-state index contributed by atoms with van der Waals surface area (Å²) in [6.45, 7) is 0. The fourth-order valence-corrected chi connectivity index (χ4v) is 7.31. The van der Waals surface area contributed by atoms with Crippen molar-refractivity contribution in [3.8, 4) is 0 Å². The minimum absolute atomic E-state index is 0.0727. The Kier molecular flexibility index (Phi) is 6.40. The third-order valence-corrected chi connectivity index (χ3v) is 10.8. The lowest BCUT2D eigenvalue weighted by atomic mass is 9.76. The molecule has 2 unspecified atom stereocenters. The van der Waals surface area contributed by atoms with Gasteiger partial charge >= 0.3 is 0 Å². The van der Waals surface area contributed by atoms with E-state index in [0.717, 1.165) is 38.5 Å². The van der Waals surface area contributed by atoms with Gasteiger partial charge in [-0.05, 0) is 79.9 Å². The number of sulfone groups is 1. The van der Waals surface area contributed by atoms with Crippen molar-refractivity contribution >= 4 is 63.4 Å². The van der Waals surface area contributed by atoms with Crippen LogP contribution in [0.4, 0.5) is 0 Å². The number of hydrogen-bond acceptors (Lipinski definition) is 3. The monoisotopic (exact) mass is 506 g/mol. The second-order valence-corrected chi connectivity index (χ2v) is 16.9. The van der Waals surface area contributed by atoms with Crippen LogP contribution in [0.1, 0.15) is 57.8 Å². The van der Waals surface area contributed by atoms with Crippen LogP contribution in [-0.2, 0) is 14.6 Å². The van der Waals surface area contributed by atoms with Crippen LogP contribution in [0.5, 0.6) is 0 Å². The van der Waals surface area contributed by atoms with Crippen LogP contribution in [0.15, 0.2) is 0 Å². The van der Waals surface area contributed by atoms with Crippen molar-refractivity contribution in [2.45, 2.75) is 64.5 Å². The predicted molar refractivity (Wildman–Crippen MR) is 95.8 cm³/mol. The second-order valence-electron chi connectivity index (χ2n) is 6.21. The lowest BCUT2D eigenvalue weighted by molar-refractivity contribution is -0.128. The number of carbonyl (C=O) groups excluding carboxylic acids is 1. The Morgan fingerprint density at radius 2 is 1.43 bits per heavy atom. The molecule has 0 heterocycles. The standard InChI is InChI=1S/C14H21Br3O3S/c15-14(16,17)21(19,20)12-8-4-7-11(9-12)13(18)10-5-2-1-3-6-10/h10-12H,1-9H2. The Balaban J connectivity index is 2.05. The molecule has 0 N–H and O–H groups in total. The Bertz CT molecular complexity index is 478. The lowest BCUT2D eigenvalue weighted by Crippen LogP contribution is -2.38. The van der Waals surface area contributed by atoms with Crippen LogP contribution in [0.2, 0.25) is 0 Å². The molecule has 0 spiro atoms. The van der Waals surface area contributed by atoms with E-state index in [4.69, 9.17) is 0 Å². The predicted octanol–water partition coefficient (Wildman–Crippen LogP) is 4.91. The van der Waals surface area contributed by atoms with Crippen molar-refractivity contribution in [3.05, 3.63) is 0 Å². The molecule has 0 amide bonds. The van der Waals surface area contributed by atoms with E-state index in [1.807, 2.05) is 0 Å². The first-order chi connectivity index (χ1) is 9.73. The molecule has 2 saturated carbocycles. The molecular formula is C14H21Br3O3S. The van der Waals surface area contributed by atoms with E-state index in [2.05, 4.69) is 47.8 Å². The number of rotatable bonds is 3. The van der Waals surface area contributed by atoms with Crippen LogP contribution in [0, 0.1) is 11.8 Å². The van der Waals surface area contributed by atoms with Gasteiger partial charge in [-0.25, -0.2) is 8.42 Å². The van der Waals surface area contributed by atoms with Crippen LogP contribution < -0.4 is 0 Å². The minimum atomic E-state index is -3.40. The normalized spacial score (nSPS) is 29.3. The number of ketones is 1. The number of hydrogen-bond donors (Lipinski definition) is 0. The summed E-state index contributed by atoms with van der Waals surface area (Å²) in [5.41, 5.74) is 0. The first-order valence-electron chi connectivity index (χ1n) is 7.57. The first-order valence-corrected chi connectivity index (χ1v) is 11.5. The Labute approximate surface area is 152 Å². The molecule has 0 aliphatic heterocycles. The van der Waals surface area contributed by atoms with Gasteiger partial charge in [-0.2, -0.15) is 0 Å². The highest BCUT2D eigenvalue weighted by Crippen LogP contribution is 2.45. The number of Topliss-reactive ketones (excluding diaryl/α,β-unsaturated/α-hetero) is 1. The van der Waals surface area contributed by atoms with Gasteiger partial charge in [0.15, 0.2) is 9.84 Å². The summed E-state index contributed by atoms with van der Waals surface area (Å²) < 4.78 is 23.7. The molecule has 0 radical (unpaired) electrons. The molecule has 2 rings (SSSR count). The second kappa shape index (κ2) is 7.31. The fourth-order valence-electron chi connectivity index (χ4n) is 3.59. The summed E-state index contributed by atoms with van der Waals surface area (Å²) in [5, 5.41) is -0.457. The van der Waals surface area contributed by atoms with Gasteiger partial charge in [0.25, 0.3) is 0 Å². The number of halogens is 3. The van der Waals surface area contributed by atoms with Gasteiger partial charge in [-0.1, -0.05) is 25.7 Å². The highest BCUT2D eigenvalue weighted by Gasteiger charge is 2.45. The molecule has 0 aromatic heterocycles. The minimum Gasteiger partial charge on any atom is -0.299 e. The SMILES string of the molecule is O=C(C1CCCCC1)C1CCCC(S(=O)(=O)C(Br)(Br)Br)C1. The van der Waals surface area contributed by atoms with Crippen molar-refractivity contribution in [2.75, 3.05) is 0 Å². The van der Waals surface area contributed by atoms with Crippen molar-refractivity contribution in [3.63, 3.8) is 0 Å². The van der Waals surface area contributed by atoms with E-state index in [1.54, 1.807) is 0 Å². The van der Waals surface area contributed by atoms with Gasteiger partial charge in [0.2, 0.25) is 1.47 Å². The molecule has 0 aromatic carbocycles. The number of carbonyl (C=O) groups is 1. The molecule has 2 atom stereocenters. The first kappa shape index (κ1) is 18.4. The zero-order valence-electron chi connectivity index (χ0n) is 11.9. The van der Waals surface area contributed by atoms with Crippen LogP contribution in [0.3, 0.4) is 0 Å². The molecule has 2 aliphatic carbocycles. The zero-order chi connectivity index (χ0) is 15.7. The van der Waals surface area contributed by atoms with Crippen LogP contribution in [-0.4, -0.2) is 20.9 Å². The number of alkyl halides is 3. The summed E-state index contributed by atoms with van der Waals surface area (Å²) in [4.78, 5) is 12.6. The van der Waals surface area contributed by atoms with E-state index in [0.29, 0.717) is 18.6 Å². The maximum absolute atomic E-state index is 12.6. The summed E-state index contributed by atoms with van der Waals surface area (Å²) in [6, 6.07) is 0. The molecule has 0 aromatic rings.